The summed E-state index contributed by atoms with van der Waals surface area (Å²) in [5.74, 6) is 0.470. The maximum atomic E-state index is 14.2. The third kappa shape index (κ3) is 6.00. The molecule has 0 amide bonds. The summed E-state index contributed by atoms with van der Waals surface area (Å²) < 4.78 is 28.6. The molecule has 0 spiro atoms. The van der Waals surface area contributed by atoms with Gasteiger partial charge in [-0.25, -0.2) is 19.2 Å². The van der Waals surface area contributed by atoms with Gasteiger partial charge in [-0.2, -0.15) is 0 Å². The van der Waals surface area contributed by atoms with Gasteiger partial charge in [-0.15, -0.1) is 0 Å². The van der Waals surface area contributed by atoms with Gasteiger partial charge in [0.1, 0.15) is 18.2 Å². The first-order valence-electron chi connectivity index (χ1n) is 14.0. The molecule has 8 nitrogen and oxygen atoms in total. The van der Waals surface area contributed by atoms with E-state index in [1.54, 1.807) is 30.3 Å². The standard InChI is InChI=1S/C31H32BrFN4O4/c1-19(30-35-27-8-6-21(31(38)39)15-28(27)37(30)17-24-11-14-40-24)36-12-9-20(10-13-36)26-3-2-4-29(34-26)41-18-22-5-7-23(32)16-25(22)33/h2-8,15-16,19-20,24H,9-14,17-18H2,1H3,(H,38,39)/t19?,24-/m0/s1. The quantitative estimate of drug-likeness (QED) is 0.233. The van der Waals surface area contributed by atoms with Crippen LogP contribution in [0.15, 0.2) is 59.1 Å². The van der Waals surface area contributed by atoms with Crippen molar-refractivity contribution in [3.63, 3.8) is 0 Å². The molecule has 2 aliphatic heterocycles. The highest BCUT2D eigenvalue weighted by molar-refractivity contribution is 9.10. The summed E-state index contributed by atoms with van der Waals surface area (Å²) in [6, 6.07) is 15.9. The minimum absolute atomic E-state index is 0.0557. The Bertz CT molecular complexity index is 1570. The Labute approximate surface area is 246 Å². The van der Waals surface area contributed by atoms with Crippen molar-refractivity contribution in [1.29, 1.82) is 0 Å². The second-order valence-corrected chi connectivity index (χ2v) is 11.7. The minimum atomic E-state index is -0.945. The zero-order valence-electron chi connectivity index (χ0n) is 22.8. The Balaban J connectivity index is 1.14. The van der Waals surface area contributed by atoms with Crippen LogP contribution in [-0.4, -0.2) is 56.3 Å². The molecule has 2 aliphatic rings. The van der Waals surface area contributed by atoms with Crippen molar-refractivity contribution in [2.75, 3.05) is 19.7 Å². The number of aromatic carboxylic acids is 1. The molecule has 2 fully saturated rings. The molecule has 4 heterocycles. The van der Waals surface area contributed by atoms with Crippen LogP contribution in [0.25, 0.3) is 11.0 Å². The lowest BCUT2D eigenvalue weighted by Crippen LogP contribution is -2.37. The van der Waals surface area contributed by atoms with Gasteiger partial charge in [0.15, 0.2) is 0 Å². The number of nitrogens with zero attached hydrogens (tertiary/aromatic N) is 4. The van der Waals surface area contributed by atoms with Crippen molar-refractivity contribution in [2.24, 2.45) is 0 Å². The Kier molecular flexibility index (Phi) is 8.05. The van der Waals surface area contributed by atoms with Gasteiger partial charge < -0.3 is 19.1 Å². The average Bonchev–Trinajstić information content (AvgIpc) is 3.32. The molecule has 1 N–H and O–H groups in total. The highest BCUT2D eigenvalue weighted by atomic mass is 79.9. The predicted octanol–water partition coefficient (Wildman–Crippen LogP) is 6.34. The topological polar surface area (TPSA) is 89.7 Å². The molecule has 2 saturated heterocycles. The summed E-state index contributed by atoms with van der Waals surface area (Å²) in [6.45, 7) is 5.48. The van der Waals surface area contributed by atoms with Gasteiger partial charge >= 0.3 is 5.97 Å². The molecule has 6 rings (SSSR count). The van der Waals surface area contributed by atoms with E-state index >= 15 is 0 Å². The van der Waals surface area contributed by atoms with Crippen molar-refractivity contribution < 1.29 is 23.8 Å². The highest BCUT2D eigenvalue weighted by Crippen LogP contribution is 2.34. The van der Waals surface area contributed by atoms with Gasteiger partial charge in [0, 0.05) is 34.3 Å². The van der Waals surface area contributed by atoms with E-state index in [4.69, 9.17) is 19.4 Å². The molecule has 2 aromatic heterocycles. The van der Waals surface area contributed by atoms with Crippen molar-refractivity contribution >= 4 is 32.9 Å². The van der Waals surface area contributed by atoms with Crippen LogP contribution in [0.1, 0.15) is 65.6 Å². The summed E-state index contributed by atoms with van der Waals surface area (Å²) in [7, 11) is 0. The fraction of sp³-hybridized carbons (Fsp3) is 0.387. The van der Waals surface area contributed by atoms with E-state index in [0.717, 1.165) is 61.5 Å². The molecular weight excluding hydrogens is 591 g/mol. The maximum absolute atomic E-state index is 14.2. The fourth-order valence-electron chi connectivity index (χ4n) is 5.69. The number of likely N-dealkylation sites (tertiary alicyclic amines) is 1. The summed E-state index contributed by atoms with van der Waals surface area (Å²) >= 11 is 3.28. The predicted molar refractivity (Wildman–Crippen MR) is 156 cm³/mol. The van der Waals surface area contributed by atoms with Crippen LogP contribution >= 0.6 is 15.9 Å². The highest BCUT2D eigenvalue weighted by Gasteiger charge is 2.30. The largest absolute Gasteiger partial charge is 0.478 e. The van der Waals surface area contributed by atoms with Crippen LogP contribution in [0.4, 0.5) is 4.39 Å². The molecule has 0 saturated carbocycles. The number of pyridine rings is 1. The molecule has 0 aliphatic carbocycles. The number of benzene rings is 2. The summed E-state index contributed by atoms with van der Waals surface area (Å²) in [5, 5.41) is 9.54. The van der Waals surface area contributed by atoms with Crippen LogP contribution in [0.2, 0.25) is 0 Å². The van der Waals surface area contributed by atoms with Crippen LogP contribution < -0.4 is 4.74 Å². The number of aromatic nitrogens is 3. The van der Waals surface area contributed by atoms with Gasteiger partial charge in [-0.3, -0.25) is 4.90 Å². The number of fused-ring (bicyclic) bond motifs is 1. The molecule has 0 bridgehead atoms. The van der Waals surface area contributed by atoms with E-state index in [9.17, 15) is 14.3 Å². The lowest BCUT2D eigenvalue weighted by atomic mass is 9.92. The summed E-state index contributed by atoms with van der Waals surface area (Å²) in [5.41, 5.74) is 3.36. The summed E-state index contributed by atoms with van der Waals surface area (Å²) in [4.78, 5) is 23.8. The first kappa shape index (κ1) is 27.8. The van der Waals surface area contributed by atoms with Crippen LogP contribution in [-0.2, 0) is 17.9 Å². The molecular formula is C31H32BrFN4O4. The SMILES string of the molecule is CC(c1nc2ccc(C(=O)O)cc2n1C[C@@H]1CCO1)N1CCC(c2cccc(OCc3ccc(Br)cc3F)n2)CC1. The van der Waals surface area contributed by atoms with Crippen molar-refractivity contribution in [2.45, 2.75) is 57.4 Å². The number of rotatable bonds is 9. The second kappa shape index (κ2) is 11.9. The Morgan fingerprint density at radius 3 is 2.66 bits per heavy atom. The second-order valence-electron chi connectivity index (χ2n) is 10.8. The van der Waals surface area contributed by atoms with E-state index in [2.05, 4.69) is 32.3 Å². The van der Waals surface area contributed by atoms with Gasteiger partial charge in [0.2, 0.25) is 5.88 Å². The number of hydrogen-bond donors (Lipinski definition) is 1. The molecule has 2 aromatic carbocycles. The number of carboxylic acids is 1. The number of carboxylic acid groups (broad SMARTS) is 1. The maximum Gasteiger partial charge on any atom is 0.335 e. The van der Waals surface area contributed by atoms with E-state index < -0.39 is 5.97 Å². The number of hydrogen-bond acceptors (Lipinski definition) is 6. The zero-order valence-corrected chi connectivity index (χ0v) is 24.4. The van der Waals surface area contributed by atoms with Crippen LogP contribution in [0.3, 0.4) is 0 Å². The van der Waals surface area contributed by atoms with Gasteiger partial charge in [0.25, 0.3) is 0 Å². The minimum Gasteiger partial charge on any atom is -0.478 e. The molecule has 214 valence electrons. The monoisotopic (exact) mass is 622 g/mol. The van der Waals surface area contributed by atoms with Crippen molar-refractivity contribution in [1.82, 2.24) is 19.4 Å². The van der Waals surface area contributed by atoms with E-state index in [-0.39, 0.29) is 30.1 Å². The Morgan fingerprint density at radius 1 is 1.15 bits per heavy atom. The first-order valence-corrected chi connectivity index (χ1v) is 14.8. The molecule has 0 radical (unpaired) electrons. The molecule has 41 heavy (non-hydrogen) atoms. The zero-order chi connectivity index (χ0) is 28.5. The number of imidazole rings is 1. The third-order valence-electron chi connectivity index (χ3n) is 8.21. The number of piperidine rings is 1. The Hall–Kier alpha value is -3.34. The molecule has 2 atom stereocenters. The number of ether oxygens (including phenoxy) is 2. The van der Waals surface area contributed by atoms with Gasteiger partial charge in [0.05, 0.1) is 35.3 Å². The van der Waals surface area contributed by atoms with Gasteiger partial charge in [-0.05, 0) is 75.7 Å². The smallest absolute Gasteiger partial charge is 0.335 e. The first-order chi connectivity index (χ1) is 19.9. The van der Waals surface area contributed by atoms with E-state index in [1.807, 2.05) is 18.2 Å². The van der Waals surface area contributed by atoms with Crippen LogP contribution in [0.5, 0.6) is 5.88 Å². The number of carbonyl (C=O) groups is 1. The summed E-state index contributed by atoms with van der Waals surface area (Å²) in [6.07, 6.45) is 3.00. The van der Waals surface area contributed by atoms with E-state index in [1.165, 1.54) is 6.07 Å². The molecule has 1 unspecified atom stereocenters. The third-order valence-corrected chi connectivity index (χ3v) is 8.70. The average molecular weight is 624 g/mol. The molecule has 10 heteroatoms. The van der Waals surface area contributed by atoms with E-state index in [0.29, 0.717) is 28.4 Å². The molecule has 4 aromatic rings. The normalized spacial score (nSPS) is 18.8. The lowest BCUT2D eigenvalue weighted by Gasteiger charge is -2.36. The van der Waals surface area contributed by atoms with Crippen molar-refractivity contribution in [3.8, 4) is 5.88 Å². The number of halogens is 2. The lowest BCUT2D eigenvalue weighted by molar-refractivity contribution is -0.0594. The van der Waals surface area contributed by atoms with Gasteiger partial charge in [-0.1, -0.05) is 28.1 Å². The fourth-order valence-corrected chi connectivity index (χ4v) is 6.03. The van der Waals surface area contributed by atoms with Crippen molar-refractivity contribution in [3.05, 3.63) is 87.5 Å². The van der Waals surface area contributed by atoms with Crippen LogP contribution in [0, 0.1) is 5.82 Å². The Morgan fingerprint density at radius 2 is 1.95 bits per heavy atom.